The van der Waals surface area contributed by atoms with Crippen molar-refractivity contribution in [1.82, 2.24) is 19.1 Å². The van der Waals surface area contributed by atoms with Gasteiger partial charge >= 0.3 is 21.1 Å². The van der Waals surface area contributed by atoms with Gasteiger partial charge in [-0.25, -0.2) is 9.97 Å². The Morgan fingerprint density at radius 1 is 0.509 bits per heavy atom. The Labute approximate surface area is 334 Å². The molecule has 0 fully saturated rings. The van der Waals surface area contributed by atoms with Gasteiger partial charge in [0, 0.05) is 39.7 Å². The molecule has 268 valence electrons. The molecule has 55 heavy (non-hydrogen) atoms. The van der Waals surface area contributed by atoms with E-state index in [2.05, 4.69) is 165 Å². The average molecular weight is 891 g/mol. The molecular formula is C49H37N5Pt. The fourth-order valence-corrected chi connectivity index (χ4v) is 10.3. The van der Waals surface area contributed by atoms with Gasteiger partial charge in [0.05, 0.1) is 11.2 Å². The minimum absolute atomic E-state index is 0. The number of rotatable bonds is 1. The van der Waals surface area contributed by atoms with Crippen molar-refractivity contribution in [2.45, 2.75) is 57.8 Å². The quantitative estimate of drug-likeness (QED) is 0.154. The summed E-state index contributed by atoms with van der Waals surface area (Å²) in [5.41, 5.74) is 15.6. The summed E-state index contributed by atoms with van der Waals surface area (Å²) >= 11 is 0. The van der Waals surface area contributed by atoms with Gasteiger partial charge in [-0.05, 0) is 57.2 Å². The summed E-state index contributed by atoms with van der Waals surface area (Å²) in [6, 6.07) is 45.9. The molecule has 0 spiro atoms. The van der Waals surface area contributed by atoms with Crippen molar-refractivity contribution in [2.75, 3.05) is 4.90 Å². The van der Waals surface area contributed by atoms with Gasteiger partial charge in [-0.1, -0.05) is 125 Å². The molecular weight excluding hydrogens is 854 g/mol. The van der Waals surface area contributed by atoms with Crippen molar-refractivity contribution in [2.24, 2.45) is 0 Å². The van der Waals surface area contributed by atoms with Crippen LogP contribution in [0.15, 0.2) is 116 Å². The van der Waals surface area contributed by atoms with Gasteiger partial charge in [-0.2, -0.15) is 12.1 Å². The van der Waals surface area contributed by atoms with Crippen LogP contribution in [0.1, 0.15) is 74.9 Å². The van der Waals surface area contributed by atoms with Crippen LogP contribution in [0.3, 0.4) is 0 Å². The van der Waals surface area contributed by atoms with E-state index in [1.54, 1.807) is 0 Å². The normalized spacial score (nSPS) is 16.4. The molecule has 0 atom stereocenters. The van der Waals surface area contributed by atoms with Crippen molar-refractivity contribution in [3.63, 3.8) is 0 Å². The second-order valence-corrected chi connectivity index (χ2v) is 17.0. The Morgan fingerprint density at radius 3 is 1.98 bits per heavy atom. The first-order chi connectivity index (χ1) is 26.1. The van der Waals surface area contributed by atoms with E-state index < -0.39 is 0 Å². The Hall–Kier alpha value is -5.51. The monoisotopic (exact) mass is 890 g/mol. The number of benzene rings is 5. The molecule has 0 unspecified atom stereocenters. The summed E-state index contributed by atoms with van der Waals surface area (Å²) in [6.07, 6.45) is 3.82. The van der Waals surface area contributed by atoms with Gasteiger partial charge in [-0.15, -0.1) is 34.7 Å². The van der Waals surface area contributed by atoms with Crippen LogP contribution in [0, 0.1) is 12.1 Å². The summed E-state index contributed by atoms with van der Waals surface area (Å²) in [7, 11) is 0. The molecule has 0 aliphatic carbocycles. The van der Waals surface area contributed by atoms with Crippen LogP contribution in [0.4, 0.5) is 17.2 Å². The molecule has 12 rings (SSSR count). The zero-order valence-electron chi connectivity index (χ0n) is 31.5. The fourth-order valence-electron chi connectivity index (χ4n) is 10.3. The number of aromatic nitrogens is 4. The van der Waals surface area contributed by atoms with Gasteiger partial charge in [0.1, 0.15) is 11.5 Å². The number of nitrogens with zero attached hydrogens (tertiary/aromatic N) is 5. The molecule has 0 N–H and O–H groups in total. The Kier molecular flexibility index (Phi) is 6.35. The topological polar surface area (TPSA) is 38.9 Å². The third-order valence-electron chi connectivity index (χ3n) is 13.1. The van der Waals surface area contributed by atoms with Crippen LogP contribution in [-0.4, -0.2) is 19.1 Å². The van der Waals surface area contributed by atoms with E-state index in [0.29, 0.717) is 0 Å². The maximum absolute atomic E-state index is 5.12. The maximum atomic E-state index is 5.12. The standard InChI is InChI=1S/C49H37N5.Pt/c1-47(2)34-17-10-18-35-44(34)54(46-36(47)19-12-24-51-46)42-27-41-37(26-38(42)49(35,5)6)48(3,4)33-16-9-14-31-30-22-21-28(25-40(30)53(41)43(31)33)52-39-20-8-7-13-29(39)32-15-11-23-50-45(32)52;/h7-24,26H,1-6H3;/q-2;+2. The van der Waals surface area contributed by atoms with Crippen molar-refractivity contribution < 1.29 is 21.1 Å². The zero-order chi connectivity index (χ0) is 36.5. The van der Waals surface area contributed by atoms with Gasteiger partial charge in [-0.3, -0.25) is 0 Å². The van der Waals surface area contributed by atoms with Gasteiger partial charge < -0.3 is 14.0 Å². The van der Waals surface area contributed by atoms with Crippen molar-refractivity contribution in [3.8, 4) is 11.4 Å². The molecule has 0 saturated heterocycles. The predicted molar refractivity (Wildman–Crippen MR) is 219 cm³/mol. The summed E-state index contributed by atoms with van der Waals surface area (Å²) < 4.78 is 4.71. The van der Waals surface area contributed by atoms with Crippen LogP contribution in [0.5, 0.6) is 0 Å². The Balaban J connectivity index is 0.00000352. The smallest absolute Gasteiger partial charge is 0.358 e. The molecule has 6 heteroatoms. The van der Waals surface area contributed by atoms with Gasteiger partial charge in [0.25, 0.3) is 0 Å². The summed E-state index contributed by atoms with van der Waals surface area (Å²) in [5, 5.41) is 4.73. The van der Waals surface area contributed by atoms with Crippen molar-refractivity contribution in [3.05, 3.63) is 161 Å². The third kappa shape index (κ3) is 3.87. The van der Waals surface area contributed by atoms with E-state index in [1.807, 2.05) is 18.5 Å². The molecule has 3 aliphatic rings. The Bertz CT molecular complexity index is 3110. The minimum atomic E-state index is -0.275. The van der Waals surface area contributed by atoms with Crippen LogP contribution >= 0.6 is 0 Å². The van der Waals surface area contributed by atoms with Crippen LogP contribution < -0.4 is 4.90 Å². The molecule has 3 aliphatic heterocycles. The number of hydrogen-bond donors (Lipinski definition) is 0. The van der Waals surface area contributed by atoms with Crippen LogP contribution in [0.25, 0.3) is 55.1 Å². The molecule has 9 aromatic rings. The van der Waals surface area contributed by atoms with Gasteiger partial charge in [0.15, 0.2) is 0 Å². The number of para-hydroxylation sites is 3. The van der Waals surface area contributed by atoms with Crippen molar-refractivity contribution >= 4 is 60.9 Å². The van der Waals surface area contributed by atoms with E-state index in [0.717, 1.165) is 44.9 Å². The van der Waals surface area contributed by atoms with Crippen molar-refractivity contribution in [1.29, 1.82) is 0 Å². The van der Waals surface area contributed by atoms with Crippen LogP contribution in [0.2, 0.25) is 0 Å². The first-order valence-electron chi connectivity index (χ1n) is 18.9. The van der Waals surface area contributed by atoms with Gasteiger partial charge in [0.2, 0.25) is 0 Å². The first kappa shape index (κ1) is 32.9. The number of hydrogen-bond acceptors (Lipinski definition) is 3. The zero-order valence-corrected chi connectivity index (χ0v) is 33.8. The summed E-state index contributed by atoms with van der Waals surface area (Å²) in [5.74, 6) is 0.987. The van der Waals surface area contributed by atoms with E-state index >= 15 is 0 Å². The van der Waals surface area contributed by atoms with E-state index in [-0.39, 0.29) is 37.3 Å². The third-order valence-corrected chi connectivity index (χ3v) is 13.1. The molecule has 0 saturated carbocycles. The Morgan fingerprint density at radius 2 is 1.15 bits per heavy atom. The molecule has 0 radical (unpaired) electrons. The molecule has 5 nitrogen and oxygen atoms in total. The molecule has 7 heterocycles. The fraction of sp³-hybridized carbons (Fsp3) is 0.184. The number of pyridine rings is 2. The summed E-state index contributed by atoms with van der Waals surface area (Å²) in [4.78, 5) is 12.4. The second kappa shape index (κ2) is 10.6. The van der Waals surface area contributed by atoms with E-state index in [4.69, 9.17) is 9.97 Å². The SMILES string of the molecule is CC1(C)c2cc3c([c-]c2N2c4ncccc4C(C)(C)c4cccc1c42)-n1c2[c-]c(-n4c5ccccc5c5cccnc54)ccc2c2cccc(c21)C3(C)C.[Pt+2]. The maximum Gasteiger partial charge on any atom is 2.00 e. The predicted octanol–water partition coefficient (Wildman–Crippen LogP) is 11.7. The first-order valence-corrected chi connectivity index (χ1v) is 18.9. The average Bonchev–Trinajstić information content (AvgIpc) is 3.69. The number of anilines is 3. The largest absolute Gasteiger partial charge is 2.00 e. The van der Waals surface area contributed by atoms with Crippen LogP contribution in [-0.2, 0) is 37.3 Å². The summed E-state index contributed by atoms with van der Waals surface area (Å²) in [6.45, 7) is 14.2. The molecule has 5 aromatic carbocycles. The molecule has 0 bridgehead atoms. The second-order valence-electron chi connectivity index (χ2n) is 17.0. The number of fused-ring (bicyclic) bond motifs is 12. The molecule has 0 amide bonds. The van der Waals surface area contributed by atoms with E-state index in [9.17, 15) is 0 Å². The van der Waals surface area contributed by atoms with E-state index in [1.165, 1.54) is 60.7 Å². The molecule has 4 aromatic heterocycles. The minimum Gasteiger partial charge on any atom is -0.358 e.